The topological polar surface area (TPSA) is 56.7 Å². The SMILES string of the molecule is Cc1cc(Br)cc(-c2nn(C)c(N)c2-c2cccnc2)c1. The molecule has 0 bridgehead atoms. The molecule has 4 nitrogen and oxygen atoms in total. The zero-order valence-corrected chi connectivity index (χ0v) is 13.4. The van der Waals surface area contributed by atoms with Gasteiger partial charge in [-0.2, -0.15) is 5.10 Å². The monoisotopic (exact) mass is 342 g/mol. The summed E-state index contributed by atoms with van der Waals surface area (Å²) >= 11 is 3.54. The van der Waals surface area contributed by atoms with E-state index in [-0.39, 0.29) is 0 Å². The number of aryl methyl sites for hydroxylation is 2. The van der Waals surface area contributed by atoms with Gasteiger partial charge < -0.3 is 5.73 Å². The lowest BCUT2D eigenvalue weighted by Crippen LogP contribution is -1.98. The highest BCUT2D eigenvalue weighted by Gasteiger charge is 2.17. The van der Waals surface area contributed by atoms with E-state index in [1.54, 1.807) is 10.9 Å². The Hall–Kier alpha value is -2.14. The molecular weight excluding hydrogens is 328 g/mol. The van der Waals surface area contributed by atoms with E-state index in [0.29, 0.717) is 5.82 Å². The summed E-state index contributed by atoms with van der Waals surface area (Å²) in [5.74, 6) is 0.635. The van der Waals surface area contributed by atoms with Gasteiger partial charge in [0.05, 0.1) is 5.56 Å². The molecule has 0 aliphatic carbocycles. The minimum atomic E-state index is 0.635. The standard InChI is InChI=1S/C16H15BrN4/c1-10-6-12(8-13(17)7-10)15-14(16(18)21(2)20-15)11-4-3-5-19-9-11/h3-9H,18H2,1-2H3. The molecule has 0 unspecified atom stereocenters. The molecule has 106 valence electrons. The molecule has 0 fully saturated rings. The molecule has 2 heterocycles. The van der Waals surface area contributed by atoms with Crippen LogP contribution in [-0.2, 0) is 7.05 Å². The molecule has 0 aliphatic rings. The van der Waals surface area contributed by atoms with Crippen LogP contribution in [0, 0.1) is 6.92 Å². The Kier molecular flexibility index (Phi) is 3.51. The van der Waals surface area contributed by atoms with Crippen LogP contribution < -0.4 is 5.73 Å². The van der Waals surface area contributed by atoms with E-state index in [2.05, 4.69) is 51.1 Å². The van der Waals surface area contributed by atoms with Gasteiger partial charge in [-0.25, -0.2) is 0 Å². The van der Waals surface area contributed by atoms with Crippen molar-refractivity contribution in [2.75, 3.05) is 5.73 Å². The number of nitrogens with zero attached hydrogens (tertiary/aromatic N) is 3. The first-order valence-corrected chi connectivity index (χ1v) is 7.36. The van der Waals surface area contributed by atoms with Crippen LogP contribution in [0.1, 0.15) is 5.56 Å². The minimum Gasteiger partial charge on any atom is -0.383 e. The number of rotatable bonds is 2. The van der Waals surface area contributed by atoms with Crippen LogP contribution in [0.4, 0.5) is 5.82 Å². The predicted octanol–water partition coefficient (Wildman–Crippen LogP) is 3.80. The lowest BCUT2D eigenvalue weighted by Gasteiger charge is -2.05. The van der Waals surface area contributed by atoms with Crippen LogP contribution in [0.25, 0.3) is 22.4 Å². The summed E-state index contributed by atoms with van der Waals surface area (Å²) in [7, 11) is 1.85. The van der Waals surface area contributed by atoms with Crippen molar-refractivity contribution >= 4 is 21.7 Å². The number of hydrogen-bond acceptors (Lipinski definition) is 3. The van der Waals surface area contributed by atoms with Gasteiger partial charge in [0.1, 0.15) is 11.5 Å². The van der Waals surface area contributed by atoms with Crippen LogP contribution >= 0.6 is 15.9 Å². The normalized spacial score (nSPS) is 10.8. The van der Waals surface area contributed by atoms with E-state index >= 15 is 0 Å². The smallest absolute Gasteiger partial charge is 0.129 e. The van der Waals surface area contributed by atoms with Gasteiger partial charge in [-0.15, -0.1) is 0 Å². The van der Waals surface area contributed by atoms with E-state index in [9.17, 15) is 0 Å². The fourth-order valence-electron chi connectivity index (χ4n) is 2.41. The maximum Gasteiger partial charge on any atom is 0.129 e. The van der Waals surface area contributed by atoms with Gasteiger partial charge in [-0.3, -0.25) is 9.67 Å². The van der Waals surface area contributed by atoms with Crippen molar-refractivity contribution in [3.8, 4) is 22.4 Å². The Balaban J connectivity index is 2.26. The van der Waals surface area contributed by atoms with Crippen molar-refractivity contribution in [3.05, 3.63) is 52.8 Å². The average molecular weight is 343 g/mol. The third-order valence-corrected chi connectivity index (χ3v) is 3.82. The first-order chi connectivity index (χ1) is 10.1. The van der Waals surface area contributed by atoms with Gasteiger partial charge in [0.2, 0.25) is 0 Å². The fraction of sp³-hybridized carbons (Fsp3) is 0.125. The number of pyridine rings is 1. The van der Waals surface area contributed by atoms with Crippen molar-refractivity contribution in [1.82, 2.24) is 14.8 Å². The van der Waals surface area contributed by atoms with E-state index in [0.717, 1.165) is 26.9 Å². The highest BCUT2D eigenvalue weighted by Crippen LogP contribution is 2.36. The molecule has 0 spiro atoms. The molecule has 3 rings (SSSR count). The molecule has 0 saturated carbocycles. The summed E-state index contributed by atoms with van der Waals surface area (Å²) in [4.78, 5) is 4.18. The molecule has 0 saturated heterocycles. The fourth-order valence-corrected chi connectivity index (χ4v) is 3.02. The van der Waals surface area contributed by atoms with Gasteiger partial charge in [-0.1, -0.05) is 22.0 Å². The van der Waals surface area contributed by atoms with E-state index in [1.165, 1.54) is 5.56 Å². The van der Waals surface area contributed by atoms with Crippen molar-refractivity contribution in [2.45, 2.75) is 6.92 Å². The van der Waals surface area contributed by atoms with Crippen molar-refractivity contribution in [1.29, 1.82) is 0 Å². The van der Waals surface area contributed by atoms with Crippen LogP contribution in [-0.4, -0.2) is 14.8 Å². The number of aromatic nitrogens is 3. The second-order valence-electron chi connectivity index (χ2n) is 4.99. The van der Waals surface area contributed by atoms with E-state index in [1.807, 2.05) is 25.4 Å². The number of halogens is 1. The van der Waals surface area contributed by atoms with E-state index in [4.69, 9.17) is 5.73 Å². The third-order valence-electron chi connectivity index (χ3n) is 3.36. The zero-order chi connectivity index (χ0) is 15.0. The molecular formula is C16H15BrN4. The molecule has 1 aromatic carbocycles. The molecule has 0 radical (unpaired) electrons. The largest absolute Gasteiger partial charge is 0.383 e. The lowest BCUT2D eigenvalue weighted by atomic mass is 10.0. The zero-order valence-electron chi connectivity index (χ0n) is 11.8. The lowest BCUT2D eigenvalue weighted by molar-refractivity contribution is 0.782. The van der Waals surface area contributed by atoms with Crippen molar-refractivity contribution in [2.24, 2.45) is 7.05 Å². The maximum absolute atomic E-state index is 6.21. The summed E-state index contributed by atoms with van der Waals surface area (Å²) in [6.07, 6.45) is 3.56. The molecule has 2 N–H and O–H groups in total. The molecule has 0 atom stereocenters. The number of anilines is 1. The van der Waals surface area contributed by atoms with Crippen molar-refractivity contribution in [3.63, 3.8) is 0 Å². The number of hydrogen-bond donors (Lipinski definition) is 1. The van der Waals surface area contributed by atoms with Crippen LogP contribution in [0.2, 0.25) is 0 Å². The Morgan fingerprint density at radius 1 is 1.19 bits per heavy atom. The summed E-state index contributed by atoms with van der Waals surface area (Å²) in [6, 6.07) is 10.1. The van der Waals surface area contributed by atoms with Gasteiger partial charge in [0.15, 0.2) is 0 Å². The van der Waals surface area contributed by atoms with Gasteiger partial charge in [0.25, 0.3) is 0 Å². The van der Waals surface area contributed by atoms with Crippen molar-refractivity contribution < 1.29 is 0 Å². The first-order valence-electron chi connectivity index (χ1n) is 6.56. The third kappa shape index (κ3) is 2.56. The second kappa shape index (κ2) is 5.33. The molecule has 2 aromatic heterocycles. The van der Waals surface area contributed by atoms with Gasteiger partial charge >= 0.3 is 0 Å². The average Bonchev–Trinajstić information content (AvgIpc) is 2.75. The highest BCUT2D eigenvalue weighted by molar-refractivity contribution is 9.10. The molecule has 21 heavy (non-hydrogen) atoms. The summed E-state index contributed by atoms with van der Waals surface area (Å²) in [5.41, 5.74) is 11.2. The van der Waals surface area contributed by atoms with Gasteiger partial charge in [-0.05, 0) is 36.8 Å². The predicted molar refractivity (Wildman–Crippen MR) is 88.7 cm³/mol. The number of nitrogens with two attached hydrogens (primary N) is 1. The quantitative estimate of drug-likeness (QED) is 0.770. The minimum absolute atomic E-state index is 0.635. The second-order valence-corrected chi connectivity index (χ2v) is 5.91. The Morgan fingerprint density at radius 2 is 2.00 bits per heavy atom. The summed E-state index contributed by atoms with van der Waals surface area (Å²) in [6.45, 7) is 2.06. The number of nitrogen functional groups attached to an aromatic ring is 1. The molecule has 3 aromatic rings. The molecule has 5 heteroatoms. The van der Waals surface area contributed by atoms with Crippen LogP contribution in [0.3, 0.4) is 0 Å². The highest BCUT2D eigenvalue weighted by atomic mass is 79.9. The Labute approximate surface area is 131 Å². The maximum atomic E-state index is 6.21. The van der Waals surface area contributed by atoms with Gasteiger partial charge in [0, 0.05) is 35.0 Å². The summed E-state index contributed by atoms with van der Waals surface area (Å²) in [5, 5.41) is 4.58. The van der Waals surface area contributed by atoms with Crippen LogP contribution in [0.5, 0.6) is 0 Å². The van der Waals surface area contributed by atoms with Crippen LogP contribution in [0.15, 0.2) is 47.2 Å². The van der Waals surface area contributed by atoms with E-state index < -0.39 is 0 Å². The molecule has 0 amide bonds. The summed E-state index contributed by atoms with van der Waals surface area (Å²) < 4.78 is 2.73. The number of benzene rings is 1. The Morgan fingerprint density at radius 3 is 2.67 bits per heavy atom. The first kappa shape index (κ1) is 13.8. The Bertz CT molecular complexity index is 773. The molecule has 0 aliphatic heterocycles.